The summed E-state index contributed by atoms with van der Waals surface area (Å²) in [4.78, 5) is 12.2. The predicted octanol–water partition coefficient (Wildman–Crippen LogP) is 3.24. The molecule has 1 aromatic carbocycles. The smallest absolute Gasteiger partial charge is 0.253 e. The van der Waals surface area contributed by atoms with E-state index in [0.717, 1.165) is 17.7 Å². The van der Waals surface area contributed by atoms with Crippen molar-refractivity contribution in [1.82, 2.24) is 9.88 Å². The van der Waals surface area contributed by atoms with Crippen LogP contribution < -0.4 is 11.1 Å². The lowest BCUT2D eigenvalue weighted by Crippen LogP contribution is -2.25. The molecular weight excluding hydrogens is 298 g/mol. The van der Waals surface area contributed by atoms with Gasteiger partial charge in [0.15, 0.2) is 0 Å². The van der Waals surface area contributed by atoms with E-state index in [-0.39, 0.29) is 5.91 Å². The van der Waals surface area contributed by atoms with Crippen molar-refractivity contribution in [3.63, 3.8) is 0 Å². The van der Waals surface area contributed by atoms with E-state index < -0.39 is 0 Å². The Kier molecular flexibility index (Phi) is 5.79. The van der Waals surface area contributed by atoms with Crippen molar-refractivity contribution in [2.75, 3.05) is 6.54 Å². The highest BCUT2D eigenvalue weighted by atomic mass is 16.1. The maximum absolute atomic E-state index is 12.2. The first kappa shape index (κ1) is 17.3. The van der Waals surface area contributed by atoms with Crippen LogP contribution >= 0.6 is 0 Å². The number of hydrogen-bond acceptors (Lipinski definition) is 2. The van der Waals surface area contributed by atoms with Gasteiger partial charge in [-0.15, -0.1) is 0 Å². The quantitative estimate of drug-likeness (QED) is 0.769. The van der Waals surface area contributed by atoms with Gasteiger partial charge in [-0.05, 0) is 35.8 Å². The van der Waals surface area contributed by atoms with E-state index in [2.05, 4.69) is 30.6 Å². The Balaban J connectivity index is 1.92. The van der Waals surface area contributed by atoms with Gasteiger partial charge < -0.3 is 15.6 Å². The number of benzene rings is 1. The van der Waals surface area contributed by atoms with Gasteiger partial charge in [-0.3, -0.25) is 4.79 Å². The Bertz CT molecular complexity index is 769. The normalized spacial score (nSPS) is 11.1. The maximum atomic E-state index is 12.2. The highest BCUT2D eigenvalue weighted by molar-refractivity contribution is 5.94. The lowest BCUT2D eigenvalue weighted by atomic mass is 10.1. The molecule has 0 bridgehead atoms. The molecule has 0 saturated carbocycles. The van der Waals surface area contributed by atoms with Gasteiger partial charge in [0.2, 0.25) is 0 Å². The zero-order valence-electron chi connectivity index (χ0n) is 14.0. The molecule has 1 amide bonds. The number of allylic oxidation sites excluding steroid dienone is 1. The molecule has 1 aromatic heterocycles. The first-order valence-corrected chi connectivity index (χ1v) is 7.74. The van der Waals surface area contributed by atoms with Gasteiger partial charge in [-0.2, -0.15) is 0 Å². The van der Waals surface area contributed by atoms with Gasteiger partial charge in [-0.25, -0.2) is 0 Å². The first-order valence-electron chi connectivity index (χ1n) is 7.74. The summed E-state index contributed by atoms with van der Waals surface area (Å²) in [7, 11) is 0. The van der Waals surface area contributed by atoms with E-state index in [1.54, 1.807) is 6.08 Å². The molecule has 2 aromatic rings. The zero-order valence-corrected chi connectivity index (χ0v) is 14.0. The summed E-state index contributed by atoms with van der Waals surface area (Å²) in [6.07, 6.45) is 5.49. The van der Waals surface area contributed by atoms with Gasteiger partial charge in [0.1, 0.15) is 0 Å². The topological polar surface area (TPSA) is 60.0 Å². The third kappa shape index (κ3) is 5.02. The Morgan fingerprint density at radius 2 is 1.96 bits per heavy atom. The second kappa shape index (κ2) is 8.02. The minimum Gasteiger partial charge on any atom is -0.399 e. The molecule has 124 valence electrons. The number of nitrogens with two attached hydrogens (primary N) is 1. The lowest BCUT2D eigenvalue weighted by molar-refractivity contribution is 0.0957. The van der Waals surface area contributed by atoms with Crippen LogP contribution in [0.1, 0.15) is 22.8 Å². The molecule has 0 unspecified atom stereocenters. The molecule has 24 heavy (non-hydrogen) atoms. The average molecular weight is 321 g/mol. The monoisotopic (exact) mass is 321 g/mol. The highest BCUT2D eigenvalue weighted by Crippen LogP contribution is 2.09. The fourth-order valence-electron chi connectivity index (χ4n) is 2.28. The third-order valence-corrected chi connectivity index (χ3v) is 3.64. The van der Waals surface area contributed by atoms with E-state index in [9.17, 15) is 4.79 Å². The van der Waals surface area contributed by atoms with Gasteiger partial charge >= 0.3 is 0 Å². The highest BCUT2D eigenvalue weighted by Gasteiger charge is 2.08. The molecule has 0 aliphatic carbocycles. The number of amides is 1. The summed E-state index contributed by atoms with van der Waals surface area (Å²) in [6.45, 7) is 10.6. The number of nitrogens with zero attached hydrogens (tertiary/aromatic N) is 1. The van der Waals surface area contributed by atoms with Crippen molar-refractivity contribution in [2.45, 2.75) is 13.5 Å². The van der Waals surface area contributed by atoms with Crippen molar-refractivity contribution in [3.8, 4) is 0 Å². The first-order chi connectivity index (χ1) is 11.5. The largest absolute Gasteiger partial charge is 0.399 e. The van der Waals surface area contributed by atoms with Crippen molar-refractivity contribution in [1.29, 1.82) is 0 Å². The SMILES string of the molecule is C=C(N)/C=C(/C)C(=C)CNC(=O)c1ccn(Cc2ccccc2)c1. The fraction of sp³-hybridized carbons (Fsp3) is 0.150. The molecule has 1 heterocycles. The molecular formula is C20H23N3O. The number of carbonyl (C=O) groups excluding carboxylic acids is 1. The van der Waals surface area contributed by atoms with Crippen LogP contribution in [0.3, 0.4) is 0 Å². The molecule has 0 radical (unpaired) electrons. The summed E-state index contributed by atoms with van der Waals surface area (Å²) >= 11 is 0. The minimum atomic E-state index is -0.123. The molecule has 0 atom stereocenters. The molecule has 3 N–H and O–H groups in total. The average Bonchev–Trinajstić information content (AvgIpc) is 3.01. The summed E-state index contributed by atoms with van der Waals surface area (Å²) < 4.78 is 1.99. The number of nitrogens with one attached hydrogen (secondary N) is 1. The summed E-state index contributed by atoms with van der Waals surface area (Å²) in [5.74, 6) is -0.123. The van der Waals surface area contributed by atoms with Crippen LogP contribution in [0.15, 0.2) is 84.9 Å². The molecule has 4 nitrogen and oxygen atoms in total. The molecule has 4 heteroatoms. The van der Waals surface area contributed by atoms with E-state index >= 15 is 0 Å². The fourth-order valence-corrected chi connectivity index (χ4v) is 2.28. The van der Waals surface area contributed by atoms with Crippen LogP contribution in [0.5, 0.6) is 0 Å². The Hall–Kier alpha value is -3.01. The van der Waals surface area contributed by atoms with Crippen LogP contribution in [-0.2, 0) is 6.54 Å². The van der Waals surface area contributed by atoms with Gasteiger partial charge in [0.05, 0.1) is 5.56 Å². The Morgan fingerprint density at radius 1 is 1.25 bits per heavy atom. The second-order valence-corrected chi connectivity index (χ2v) is 5.75. The van der Waals surface area contributed by atoms with Crippen molar-refractivity contribution >= 4 is 5.91 Å². The van der Waals surface area contributed by atoms with Crippen molar-refractivity contribution in [2.24, 2.45) is 5.73 Å². The van der Waals surface area contributed by atoms with E-state index in [4.69, 9.17) is 5.73 Å². The zero-order chi connectivity index (χ0) is 17.5. The Morgan fingerprint density at radius 3 is 2.62 bits per heavy atom. The molecule has 0 aliphatic rings. The molecule has 0 aliphatic heterocycles. The molecule has 0 spiro atoms. The lowest BCUT2D eigenvalue weighted by Gasteiger charge is -2.08. The summed E-state index contributed by atoms with van der Waals surface area (Å²) in [6, 6.07) is 11.9. The van der Waals surface area contributed by atoms with E-state index in [0.29, 0.717) is 17.8 Å². The van der Waals surface area contributed by atoms with Crippen LogP contribution in [0.25, 0.3) is 0 Å². The minimum absolute atomic E-state index is 0.123. The van der Waals surface area contributed by atoms with E-state index in [1.165, 1.54) is 5.56 Å². The predicted molar refractivity (Wildman–Crippen MR) is 98.5 cm³/mol. The maximum Gasteiger partial charge on any atom is 0.253 e. The van der Waals surface area contributed by atoms with Crippen LogP contribution in [0.2, 0.25) is 0 Å². The standard InChI is InChI=1S/C20H23N3O/c1-15(11-17(3)21)16(2)12-22-20(24)19-9-10-23(14-19)13-18-7-5-4-6-8-18/h4-11,14H,2-3,12-13,21H2,1H3,(H,22,24)/b15-11-. The van der Waals surface area contributed by atoms with Gasteiger partial charge in [-0.1, -0.05) is 43.5 Å². The van der Waals surface area contributed by atoms with Gasteiger partial charge in [0.25, 0.3) is 5.91 Å². The Labute approximate surface area is 143 Å². The third-order valence-electron chi connectivity index (χ3n) is 3.64. The number of rotatable bonds is 7. The molecule has 2 rings (SSSR count). The van der Waals surface area contributed by atoms with E-state index in [1.807, 2.05) is 48.1 Å². The second-order valence-electron chi connectivity index (χ2n) is 5.75. The van der Waals surface area contributed by atoms with Crippen molar-refractivity contribution in [3.05, 3.63) is 96.0 Å². The van der Waals surface area contributed by atoms with Gasteiger partial charge in [0, 0.05) is 31.2 Å². The van der Waals surface area contributed by atoms with Crippen LogP contribution in [-0.4, -0.2) is 17.0 Å². The summed E-state index contributed by atoms with van der Waals surface area (Å²) in [5, 5.41) is 2.87. The van der Waals surface area contributed by atoms with Crippen LogP contribution in [0, 0.1) is 0 Å². The number of carbonyl (C=O) groups is 1. The molecule has 0 saturated heterocycles. The summed E-state index contributed by atoms with van der Waals surface area (Å²) in [5.41, 5.74) is 9.54. The number of hydrogen-bond donors (Lipinski definition) is 2. The molecule has 0 fully saturated rings. The van der Waals surface area contributed by atoms with Crippen molar-refractivity contribution < 1.29 is 4.79 Å². The van der Waals surface area contributed by atoms with Crippen LogP contribution in [0.4, 0.5) is 0 Å². The number of aromatic nitrogens is 1.